The lowest BCUT2D eigenvalue weighted by molar-refractivity contribution is -0.126. The number of hydrogen-bond acceptors (Lipinski definition) is 4. The normalized spacial score (nSPS) is 18.1. The summed E-state index contributed by atoms with van der Waals surface area (Å²) in [7, 11) is 2.07. The van der Waals surface area contributed by atoms with E-state index in [0.29, 0.717) is 19.8 Å². The zero-order valence-corrected chi connectivity index (χ0v) is 17.3. The Bertz CT molecular complexity index is 846. The van der Waals surface area contributed by atoms with Crippen LogP contribution in [0, 0.1) is 0 Å². The van der Waals surface area contributed by atoms with Crippen molar-refractivity contribution in [2.75, 3.05) is 31.7 Å². The monoisotopic (exact) mass is 394 g/mol. The first-order chi connectivity index (χ1) is 14.1. The average Bonchev–Trinajstić information content (AvgIpc) is 3.28. The Morgan fingerprint density at radius 3 is 2.48 bits per heavy atom. The molecule has 1 heterocycles. The Balaban J connectivity index is 1.48. The van der Waals surface area contributed by atoms with Crippen LogP contribution in [0.5, 0.6) is 11.5 Å². The molecule has 2 aromatic rings. The van der Waals surface area contributed by atoms with Gasteiger partial charge < -0.3 is 19.7 Å². The summed E-state index contributed by atoms with van der Waals surface area (Å²) >= 11 is 0. The van der Waals surface area contributed by atoms with Crippen molar-refractivity contribution < 1.29 is 14.3 Å². The molecule has 2 aromatic carbocycles. The van der Waals surface area contributed by atoms with Crippen molar-refractivity contribution in [2.24, 2.45) is 0 Å². The van der Waals surface area contributed by atoms with Gasteiger partial charge >= 0.3 is 0 Å². The van der Waals surface area contributed by atoms with Gasteiger partial charge in [-0.3, -0.25) is 4.79 Å². The van der Waals surface area contributed by atoms with Gasteiger partial charge in [0.1, 0.15) is 13.2 Å². The zero-order valence-electron chi connectivity index (χ0n) is 17.3. The van der Waals surface area contributed by atoms with Crippen molar-refractivity contribution in [1.82, 2.24) is 5.32 Å². The van der Waals surface area contributed by atoms with Crippen LogP contribution in [0.2, 0.25) is 0 Å². The van der Waals surface area contributed by atoms with Crippen LogP contribution in [0.4, 0.5) is 5.69 Å². The topological polar surface area (TPSA) is 50.8 Å². The maximum atomic E-state index is 13.4. The molecule has 0 bridgehead atoms. The van der Waals surface area contributed by atoms with Crippen molar-refractivity contribution in [3.8, 4) is 11.5 Å². The largest absolute Gasteiger partial charge is 0.486 e. The fraction of sp³-hybridized carbons (Fsp3) is 0.458. The molecular formula is C24H30N2O3. The van der Waals surface area contributed by atoms with Crippen LogP contribution in [0.15, 0.2) is 48.5 Å². The maximum absolute atomic E-state index is 13.4. The summed E-state index contributed by atoms with van der Waals surface area (Å²) < 4.78 is 11.4. The molecule has 1 N–H and O–H groups in total. The van der Waals surface area contributed by atoms with E-state index in [-0.39, 0.29) is 11.9 Å². The second-order valence-electron chi connectivity index (χ2n) is 8.15. The number of fused-ring (bicyclic) bond motifs is 1. The third kappa shape index (κ3) is 3.91. The number of hydrogen-bond donors (Lipinski definition) is 1. The molecule has 4 rings (SSSR count). The molecule has 29 heavy (non-hydrogen) atoms. The quantitative estimate of drug-likeness (QED) is 0.807. The van der Waals surface area contributed by atoms with Crippen molar-refractivity contribution in [3.63, 3.8) is 0 Å². The molecule has 0 saturated heterocycles. The maximum Gasteiger partial charge on any atom is 0.230 e. The molecule has 0 radical (unpaired) electrons. The Labute approximate surface area is 173 Å². The number of anilines is 1. The molecule has 0 aromatic heterocycles. The highest BCUT2D eigenvalue weighted by Crippen LogP contribution is 2.44. The second-order valence-corrected chi connectivity index (χ2v) is 8.15. The van der Waals surface area contributed by atoms with Crippen molar-refractivity contribution in [1.29, 1.82) is 0 Å². The molecule has 0 spiro atoms. The summed E-state index contributed by atoms with van der Waals surface area (Å²) in [5.74, 6) is 1.65. The van der Waals surface area contributed by atoms with Gasteiger partial charge in [-0.05, 0) is 49.6 Å². The van der Waals surface area contributed by atoms with E-state index >= 15 is 0 Å². The first kappa shape index (κ1) is 19.6. The first-order valence-corrected chi connectivity index (χ1v) is 10.6. The Hall–Kier alpha value is -2.69. The van der Waals surface area contributed by atoms with Crippen LogP contribution in [0.1, 0.15) is 38.2 Å². The van der Waals surface area contributed by atoms with E-state index < -0.39 is 5.41 Å². The summed E-state index contributed by atoms with van der Waals surface area (Å²) in [5.41, 5.74) is 1.72. The number of nitrogens with zero attached hydrogens (tertiary/aromatic N) is 1. The minimum Gasteiger partial charge on any atom is -0.486 e. The standard InChI is InChI=1S/C24H30N2O3/c1-18(26(2)20-8-4-3-5-9-20)17-25-23(27)24(12-6-7-13-24)19-10-11-21-22(16-19)29-15-14-28-21/h3-5,8-11,16,18H,6-7,12-15,17H2,1-2H3,(H,25,27)/t18-/m1/s1. The van der Waals surface area contributed by atoms with E-state index in [1.54, 1.807) is 0 Å². The van der Waals surface area contributed by atoms with Crippen LogP contribution in [0.25, 0.3) is 0 Å². The summed E-state index contributed by atoms with van der Waals surface area (Å²) in [6.45, 7) is 3.87. The lowest BCUT2D eigenvalue weighted by atomic mass is 9.77. The molecule has 1 aliphatic heterocycles. The third-order valence-corrected chi connectivity index (χ3v) is 6.37. The van der Waals surface area contributed by atoms with Gasteiger partial charge in [0.2, 0.25) is 5.91 Å². The number of nitrogens with one attached hydrogen (secondary N) is 1. The molecule has 1 fully saturated rings. The minimum atomic E-state index is -0.471. The number of rotatable bonds is 6. The number of carbonyl (C=O) groups is 1. The van der Waals surface area contributed by atoms with Gasteiger partial charge in [-0.1, -0.05) is 37.1 Å². The van der Waals surface area contributed by atoms with Crippen molar-refractivity contribution >= 4 is 11.6 Å². The van der Waals surface area contributed by atoms with Crippen molar-refractivity contribution in [3.05, 3.63) is 54.1 Å². The van der Waals surface area contributed by atoms with Gasteiger partial charge in [0.15, 0.2) is 11.5 Å². The predicted molar refractivity (Wildman–Crippen MR) is 115 cm³/mol. The van der Waals surface area contributed by atoms with Crippen LogP contribution >= 0.6 is 0 Å². The molecule has 1 aliphatic carbocycles. The number of para-hydroxylation sites is 1. The summed E-state index contributed by atoms with van der Waals surface area (Å²) in [6, 6.07) is 16.5. The number of benzene rings is 2. The van der Waals surface area contributed by atoms with Crippen LogP contribution in [-0.4, -0.2) is 38.8 Å². The fourth-order valence-corrected chi connectivity index (χ4v) is 4.43. The van der Waals surface area contributed by atoms with Gasteiger partial charge in [-0.15, -0.1) is 0 Å². The molecule has 5 nitrogen and oxygen atoms in total. The summed E-state index contributed by atoms with van der Waals surface area (Å²) in [5, 5.41) is 3.24. The van der Waals surface area contributed by atoms with Gasteiger partial charge in [0, 0.05) is 25.3 Å². The number of likely N-dealkylation sites (N-methyl/N-ethyl adjacent to an activating group) is 1. The molecular weight excluding hydrogens is 364 g/mol. The lowest BCUT2D eigenvalue weighted by Gasteiger charge is -2.32. The molecule has 0 unspecified atom stereocenters. The molecule has 1 atom stereocenters. The first-order valence-electron chi connectivity index (χ1n) is 10.6. The van der Waals surface area contributed by atoms with Gasteiger partial charge in [0.05, 0.1) is 5.41 Å². The number of ether oxygens (including phenoxy) is 2. The molecule has 1 saturated carbocycles. The van der Waals surface area contributed by atoms with E-state index in [1.807, 2.05) is 36.4 Å². The fourth-order valence-electron chi connectivity index (χ4n) is 4.43. The van der Waals surface area contributed by atoms with E-state index in [1.165, 1.54) is 0 Å². The Morgan fingerprint density at radius 2 is 1.76 bits per heavy atom. The third-order valence-electron chi connectivity index (χ3n) is 6.37. The molecule has 5 heteroatoms. The number of amides is 1. The highest BCUT2D eigenvalue weighted by molar-refractivity contribution is 5.89. The summed E-state index contributed by atoms with van der Waals surface area (Å²) in [6.07, 6.45) is 3.89. The van der Waals surface area contributed by atoms with Gasteiger partial charge in [0.25, 0.3) is 0 Å². The van der Waals surface area contributed by atoms with E-state index in [0.717, 1.165) is 48.4 Å². The highest BCUT2D eigenvalue weighted by Gasteiger charge is 2.43. The average molecular weight is 395 g/mol. The SMILES string of the molecule is C[C@H](CNC(=O)C1(c2ccc3c(c2)OCCO3)CCCC1)N(C)c1ccccc1. The molecule has 2 aliphatic rings. The van der Waals surface area contributed by atoms with Crippen LogP contribution < -0.4 is 19.7 Å². The summed E-state index contributed by atoms with van der Waals surface area (Å²) in [4.78, 5) is 15.6. The van der Waals surface area contributed by atoms with E-state index in [9.17, 15) is 4.79 Å². The van der Waals surface area contributed by atoms with Crippen LogP contribution in [-0.2, 0) is 10.2 Å². The highest BCUT2D eigenvalue weighted by atomic mass is 16.6. The second kappa shape index (κ2) is 8.36. The minimum absolute atomic E-state index is 0.125. The van der Waals surface area contributed by atoms with E-state index in [4.69, 9.17) is 9.47 Å². The van der Waals surface area contributed by atoms with Crippen molar-refractivity contribution in [2.45, 2.75) is 44.1 Å². The number of carbonyl (C=O) groups excluding carboxylic acids is 1. The predicted octanol–water partition coefficient (Wildman–Crippen LogP) is 3.91. The van der Waals surface area contributed by atoms with Gasteiger partial charge in [-0.2, -0.15) is 0 Å². The Kier molecular flexibility index (Phi) is 5.65. The molecule has 154 valence electrons. The Morgan fingerprint density at radius 1 is 1.07 bits per heavy atom. The van der Waals surface area contributed by atoms with E-state index in [2.05, 4.69) is 36.3 Å². The lowest BCUT2D eigenvalue weighted by Crippen LogP contribution is -2.47. The zero-order chi connectivity index (χ0) is 20.3. The smallest absolute Gasteiger partial charge is 0.230 e. The molecule has 1 amide bonds. The van der Waals surface area contributed by atoms with Crippen LogP contribution in [0.3, 0.4) is 0 Å². The van der Waals surface area contributed by atoms with Gasteiger partial charge in [-0.25, -0.2) is 0 Å².